The summed E-state index contributed by atoms with van der Waals surface area (Å²) in [4.78, 5) is 37.7. The van der Waals surface area contributed by atoms with Gasteiger partial charge in [-0.05, 0) is 38.5 Å². The minimum absolute atomic E-state index is 0.115. The zero-order chi connectivity index (χ0) is 20.0. The molecule has 0 radical (unpaired) electrons. The van der Waals surface area contributed by atoms with Crippen LogP contribution in [0.25, 0.3) is 0 Å². The van der Waals surface area contributed by atoms with Crippen LogP contribution in [0.5, 0.6) is 0 Å². The first kappa shape index (κ1) is 21.1. The van der Waals surface area contributed by atoms with Crippen LogP contribution in [-0.2, 0) is 20.8 Å². The molecule has 0 unspecified atom stereocenters. The van der Waals surface area contributed by atoms with Crippen molar-refractivity contribution in [2.45, 2.75) is 38.2 Å². The summed E-state index contributed by atoms with van der Waals surface area (Å²) in [7, 11) is 1.35. The molecular weight excluding hydrogens is 368 g/mol. The van der Waals surface area contributed by atoms with Gasteiger partial charge in [-0.3, -0.25) is 9.59 Å². The van der Waals surface area contributed by atoms with Gasteiger partial charge in [0.25, 0.3) is 5.91 Å². The van der Waals surface area contributed by atoms with Gasteiger partial charge in [0, 0.05) is 31.0 Å². The first-order valence-corrected chi connectivity index (χ1v) is 9.79. The van der Waals surface area contributed by atoms with Crippen molar-refractivity contribution >= 4 is 29.7 Å². The van der Waals surface area contributed by atoms with E-state index in [9.17, 15) is 14.4 Å². The fraction of sp³-hybridized carbons (Fsp3) is 0.526. The van der Waals surface area contributed by atoms with Crippen molar-refractivity contribution in [3.8, 4) is 0 Å². The van der Waals surface area contributed by atoms with Crippen molar-refractivity contribution in [1.82, 2.24) is 10.2 Å². The molecule has 1 fully saturated rings. The van der Waals surface area contributed by atoms with Gasteiger partial charge in [0.1, 0.15) is 10.9 Å². The Morgan fingerprint density at radius 1 is 1.22 bits per heavy atom. The molecule has 0 aromatic heterocycles. The molecule has 2 rings (SSSR count). The number of ether oxygens (including phenoxy) is 2. The zero-order valence-corrected chi connectivity index (χ0v) is 16.9. The van der Waals surface area contributed by atoms with Crippen molar-refractivity contribution in [3.05, 3.63) is 35.4 Å². The molecule has 1 aromatic carbocycles. The van der Waals surface area contributed by atoms with E-state index in [0.717, 1.165) is 5.56 Å². The number of amides is 2. The second kappa shape index (κ2) is 9.12. The first-order valence-electron chi connectivity index (χ1n) is 8.74. The predicted octanol–water partition coefficient (Wildman–Crippen LogP) is 2.44. The molecule has 1 heterocycles. The lowest BCUT2D eigenvalue weighted by Gasteiger charge is -2.31. The molecule has 0 aliphatic carbocycles. The fourth-order valence-electron chi connectivity index (χ4n) is 2.54. The molecule has 8 heteroatoms. The van der Waals surface area contributed by atoms with Gasteiger partial charge in [-0.15, -0.1) is 11.8 Å². The summed E-state index contributed by atoms with van der Waals surface area (Å²) >= 11 is 1.51. The van der Waals surface area contributed by atoms with Gasteiger partial charge >= 0.3 is 12.1 Å². The van der Waals surface area contributed by atoms with E-state index < -0.39 is 11.7 Å². The van der Waals surface area contributed by atoms with Crippen LogP contribution in [-0.4, -0.2) is 59.7 Å². The highest BCUT2D eigenvalue weighted by Gasteiger charge is 2.30. The number of rotatable bonds is 4. The Balaban J connectivity index is 1.91. The minimum Gasteiger partial charge on any atom is -0.468 e. The molecule has 1 aromatic rings. The van der Waals surface area contributed by atoms with Crippen LogP contribution in [0.15, 0.2) is 24.3 Å². The second-order valence-electron chi connectivity index (χ2n) is 7.19. The van der Waals surface area contributed by atoms with Gasteiger partial charge in [0.2, 0.25) is 0 Å². The summed E-state index contributed by atoms with van der Waals surface area (Å²) in [5, 5.41) is 2.34. The average Bonchev–Trinajstić information content (AvgIpc) is 2.64. The highest BCUT2D eigenvalue weighted by molar-refractivity contribution is 8.00. The summed E-state index contributed by atoms with van der Waals surface area (Å²) < 4.78 is 9.96. The molecule has 1 N–H and O–H groups in total. The third-order valence-corrected chi connectivity index (χ3v) is 5.02. The second-order valence-corrected chi connectivity index (χ2v) is 8.50. The van der Waals surface area contributed by atoms with Gasteiger partial charge in [-0.2, -0.15) is 0 Å². The van der Waals surface area contributed by atoms with Crippen molar-refractivity contribution < 1.29 is 23.9 Å². The van der Waals surface area contributed by atoms with Gasteiger partial charge in [0.15, 0.2) is 0 Å². The fourth-order valence-corrected chi connectivity index (χ4v) is 3.67. The largest absolute Gasteiger partial charge is 0.468 e. The van der Waals surface area contributed by atoms with Crippen LogP contribution < -0.4 is 5.32 Å². The summed E-state index contributed by atoms with van der Waals surface area (Å²) in [5.41, 5.74) is 0.861. The van der Waals surface area contributed by atoms with Gasteiger partial charge in [-0.25, -0.2) is 4.79 Å². The number of carbonyl (C=O) groups is 3. The molecular formula is C19H26N2O5S. The molecule has 148 valence electrons. The number of alkyl carbamates (subject to hydrolysis) is 1. The maximum Gasteiger partial charge on any atom is 0.407 e. The number of esters is 1. The van der Waals surface area contributed by atoms with Crippen molar-refractivity contribution in [3.63, 3.8) is 0 Å². The topological polar surface area (TPSA) is 84.9 Å². The summed E-state index contributed by atoms with van der Waals surface area (Å²) in [5.74, 6) is 0.278. The van der Waals surface area contributed by atoms with Gasteiger partial charge in [0.05, 0.1) is 7.11 Å². The Morgan fingerprint density at radius 3 is 2.48 bits per heavy atom. The molecule has 0 bridgehead atoms. The van der Waals surface area contributed by atoms with E-state index in [-0.39, 0.29) is 17.1 Å². The number of methoxy groups -OCH3 is 1. The maximum atomic E-state index is 12.7. The van der Waals surface area contributed by atoms with Gasteiger partial charge in [-0.1, -0.05) is 12.1 Å². The third kappa shape index (κ3) is 6.46. The lowest BCUT2D eigenvalue weighted by atomic mass is 10.1. The predicted molar refractivity (Wildman–Crippen MR) is 104 cm³/mol. The molecule has 1 saturated heterocycles. The van der Waals surface area contributed by atoms with E-state index in [0.29, 0.717) is 31.0 Å². The van der Waals surface area contributed by atoms with Crippen molar-refractivity contribution in [1.29, 1.82) is 0 Å². The van der Waals surface area contributed by atoms with E-state index in [1.807, 2.05) is 0 Å². The van der Waals surface area contributed by atoms with Crippen molar-refractivity contribution in [2.75, 3.05) is 26.0 Å². The molecule has 27 heavy (non-hydrogen) atoms. The lowest BCUT2D eigenvalue weighted by molar-refractivity contribution is -0.140. The normalized spacial score (nSPS) is 17.2. The Labute approximate surface area is 163 Å². The Morgan fingerprint density at radius 2 is 1.89 bits per heavy atom. The van der Waals surface area contributed by atoms with E-state index in [1.54, 1.807) is 49.9 Å². The summed E-state index contributed by atoms with van der Waals surface area (Å²) in [6.45, 7) is 6.66. The summed E-state index contributed by atoms with van der Waals surface area (Å²) in [6.07, 6.45) is -0.484. The minimum atomic E-state index is -0.546. The molecule has 1 atom stereocenters. The van der Waals surface area contributed by atoms with Crippen LogP contribution in [0.2, 0.25) is 0 Å². The highest BCUT2D eigenvalue weighted by atomic mass is 32.2. The van der Waals surface area contributed by atoms with E-state index in [2.05, 4.69) is 5.32 Å². The van der Waals surface area contributed by atoms with E-state index in [1.165, 1.54) is 18.9 Å². The number of carbonyl (C=O) groups excluding carboxylic acids is 3. The van der Waals surface area contributed by atoms with Gasteiger partial charge < -0.3 is 19.7 Å². The number of thioether (sulfide) groups is 1. The van der Waals surface area contributed by atoms with Crippen LogP contribution in [0.3, 0.4) is 0 Å². The van der Waals surface area contributed by atoms with E-state index >= 15 is 0 Å². The van der Waals surface area contributed by atoms with E-state index in [4.69, 9.17) is 9.47 Å². The van der Waals surface area contributed by atoms with Crippen molar-refractivity contribution in [2.24, 2.45) is 0 Å². The molecule has 0 saturated carbocycles. The quantitative estimate of drug-likeness (QED) is 0.790. The maximum absolute atomic E-state index is 12.7. The Hall–Kier alpha value is -2.22. The van der Waals surface area contributed by atoms with Crippen LogP contribution >= 0.6 is 11.8 Å². The van der Waals surface area contributed by atoms with Crippen LogP contribution in [0.1, 0.15) is 36.7 Å². The molecule has 0 spiro atoms. The molecule has 2 amide bonds. The molecule has 1 aliphatic rings. The smallest absolute Gasteiger partial charge is 0.407 e. The standard InChI is InChI=1S/C19H26N2O5S/c1-19(2,3)26-18(24)20-11-13-5-7-14(8-6-13)16(22)21-9-10-27-15(12-21)17(23)25-4/h5-8,15H,9-12H2,1-4H3,(H,20,24)/t15-/m0/s1. The SMILES string of the molecule is COC(=O)[C@@H]1CN(C(=O)c2ccc(CNC(=O)OC(C)(C)C)cc2)CCS1. The molecule has 7 nitrogen and oxygen atoms in total. The number of nitrogens with one attached hydrogen (secondary N) is 1. The number of hydrogen-bond donors (Lipinski definition) is 1. The number of hydrogen-bond acceptors (Lipinski definition) is 6. The Kier molecular flexibility index (Phi) is 7.12. The number of benzene rings is 1. The first-order chi connectivity index (χ1) is 12.7. The zero-order valence-electron chi connectivity index (χ0n) is 16.1. The highest BCUT2D eigenvalue weighted by Crippen LogP contribution is 2.21. The van der Waals surface area contributed by atoms with Crippen LogP contribution in [0, 0.1) is 0 Å². The monoisotopic (exact) mass is 394 g/mol. The van der Waals surface area contributed by atoms with Crippen LogP contribution in [0.4, 0.5) is 4.79 Å². The molecule has 1 aliphatic heterocycles. The number of nitrogens with zero attached hydrogens (tertiary/aromatic N) is 1. The summed E-state index contributed by atoms with van der Waals surface area (Å²) in [6, 6.07) is 7.04. The lowest BCUT2D eigenvalue weighted by Crippen LogP contribution is -2.44. The average molecular weight is 394 g/mol. The Bertz CT molecular complexity index is 684. The third-order valence-electron chi connectivity index (χ3n) is 3.85.